The first-order chi connectivity index (χ1) is 14.7. The average molecular weight is 430 g/mol. The van der Waals surface area contributed by atoms with Gasteiger partial charge in [-0.3, -0.25) is 14.7 Å². The molecule has 1 unspecified atom stereocenters. The zero-order valence-corrected chi connectivity index (χ0v) is 18.3. The minimum atomic E-state index is -0.479. The first-order valence-electron chi connectivity index (χ1n) is 10.4. The number of benzene rings is 1. The molecule has 4 N–H and O–H groups in total. The van der Waals surface area contributed by atoms with Crippen LogP contribution < -0.4 is 21.1 Å². The fourth-order valence-corrected chi connectivity index (χ4v) is 4.45. The van der Waals surface area contributed by atoms with Gasteiger partial charge in [-0.25, -0.2) is 0 Å². The van der Waals surface area contributed by atoms with Crippen LogP contribution in [0.15, 0.2) is 46.8 Å². The van der Waals surface area contributed by atoms with E-state index in [1.165, 1.54) is 23.3 Å². The summed E-state index contributed by atoms with van der Waals surface area (Å²) in [5.74, 6) is 0.981. The molecule has 1 aliphatic heterocycles. The maximum Gasteiger partial charge on any atom is 0.255 e. The molecule has 1 fully saturated rings. The smallest absolute Gasteiger partial charge is 0.255 e. The lowest BCUT2D eigenvalue weighted by molar-refractivity contribution is -0.119. The van der Waals surface area contributed by atoms with E-state index in [9.17, 15) is 4.79 Å². The third-order valence-corrected chi connectivity index (χ3v) is 6.12. The van der Waals surface area contributed by atoms with Crippen LogP contribution in [-0.2, 0) is 11.2 Å². The van der Waals surface area contributed by atoms with Crippen LogP contribution in [0.1, 0.15) is 29.3 Å². The second-order valence-electron chi connectivity index (χ2n) is 7.30. The van der Waals surface area contributed by atoms with Gasteiger partial charge in [0, 0.05) is 25.0 Å². The van der Waals surface area contributed by atoms with Gasteiger partial charge in [0.05, 0.1) is 6.04 Å². The zero-order valence-electron chi connectivity index (χ0n) is 17.5. The molecule has 0 bridgehead atoms. The normalized spacial score (nSPS) is 15.7. The van der Waals surface area contributed by atoms with Gasteiger partial charge in [-0.2, -0.15) is 0 Å². The van der Waals surface area contributed by atoms with Crippen LogP contribution in [0.3, 0.4) is 0 Å². The first kappa shape index (κ1) is 22.1. The number of amides is 1. The fourth-order valence-electron chi connectivity index (χ4n) is 3.59. The lowest BCUT2D eigenvalue weighted by atomic mass is 10.1. The first-order valence-corrected chi connectivity index (χ1v) is 11.3. The van der Waals surface area contributed by atoms with Gasteiger partial charge >= 0.3 is 0 Å². The van der Waals surface area contributed by atoms with E-state index in [0.29, 0.717) is 11.8 Å². The number of nitrogens with zero attached hydrogens (tertiary/aromatic N) is 2. The Bertz CT molecular complexity index is 801. The van der Waals surface area contributed by atoms with Crippen molar-refractivity contribution in [1.82, 2.24) is 15.5 Å². The molecule has 7 nitrogen and oxygen atoms in total. The molecule has 1 atom stereocenters. The van der Waals surface area contributed by atoms with E-state index < -0.39 is 5.91 Å². The summed E-state index contributed by atoms with van der Waals surface area (Å²) >= 11 is 1.82. The van der Waals surface area contributed by atoms with Crippen LogP contribution in [-0.4, -0.2) is 56.6 Å². The van der Waals surface area contributed by atoms with Crippen molar-refractivity contribution >= 4 is 23.2 Å². The molecule has 8 heteroatoms. The molecule has 1 aromatic carbocycles. The quantitative estimate of drug-likeness (QED) is 0.398. The molecule has 1 aliphatic rings. The Labute approximate surface area is 182 Å². The minimum absolute atomic E-state index is 0.104. The highest BCUT2D eigenvalue weighted by atomic mass is 32.1. The highest BCUT2D eigenvalue weighted by molar-refractivity contribution is 7.10. The van der Waals surface area contributed by atoms with Crippen molar-refractivity contribution < 1.29 is 9.53 Å². The molecule has 0 radical (unpaired) electrons. The molecule has 0 aliphatic carbocycles. The van der Waals surface area contributed by atoms with Gasteiger partial charge in [0.25, 0.3) is 5.91 Å². The molecular formula is C22H31N5O2S. The number of likely N-dealkylation sites (tertiary alicyclic amines) is 1. The summed E-state index contributed by atoms with van der Waals surface area (Å²) in [6.45, 7) is 3.83. The van der Waals surface area contributed by atoms with Gasteiger partial charge in [0.1, 0.15) is 5.75 Å². The predicted molar refractivity (Wildman–Crippen MR) is 122 cm³/mol. The van der Waals surface area contributed by atoms with Crippen molar-refractivity contribution in [3.63, 3.8) is 0 Å². The summed E-state index contributed by atoms with van der Waals surface area (Å²) in [7, 11) is 1.80. The number of rotatable bonds is 10. The maximum atomic E-state index is 10.8. The Hall–Kier alpha value is -2.58. The van der Waals surface area contributed by atoms with Gasteiger partial charge in [-0.1, -0.05) is 18.2 Å². The SMILES string of the molecule is CN=C(NCCc1ccc(OCC(N)=O)cc1)NCC(c1cccs1)N1CCCC1. The molecule has 2 heterocycles. The number of hydrogen-bond acceptors (Lipinski definition) is 5. The largest absolute Gasteiger partial charge is 0.484 e. The van der Waals surface area contributed by atoms with Gasteiger partial charge < -0.3 is 21.1 Å². The second-order valence-corrected chi connectivity index (χ2v) is 8.28. The summed E-state index contributed by atoms with van der Waals surface area (Å²) in [6, 6.07) is 12.4. The number of hydrogen-bond donors (Lipinski definition) is 3. The van der Waals surface area contributed by atoms with Crippen LogP contribution in [0.5, 0.6) is 5.75 Å². The monoisotopic (exact) mass is 429 g/mol. The summed E-state index contributed by atoms with van der Waals surface area (Å²) in [5, 5.41) is 9.04. The number of guanidine groups is 1. The number of ether oxygens (including phenoxy) is 1. The van der Waals surface area contributed by atoms with Crippen LogP contribution in [0.2, 0.25) is 0 Å². The van der Waals surface area contributed by atoms with Crippen molar-refractivity contribution in [1.29, 1.82) is 0 Å². The fraction of sp³-hybridized carbons (Fsp3) is 0.455. The van der Waals surface area contributed by atoms with E-state index in [1.807, 2.05) is 35.6 Å². The Kier molecular flexibility index (Phi) is 8.53. The van der Waals surface area contributed by atoms with Crippen LogP contribution in [0, 0.1) is 0 Å². The number of carbonyl (C=O) groups is 1. The lowest BCUT2D eigenvalue weighted by Crippen LogP contribution is -2.43. The standard InChI is InChI=1S/C22H31N5O2S/c1-24-22(25-11-10-17-6-8-18(9-7-17)29-16-21(23)28)26-15-19(20-5-4-14-30-20)27-12-2-3-13-27/h4-9,14,19H,2-3,10-13,15-16H2,1H3,(H2,23,28)(H2,24,25,26). The van der Waals surface area contributed by atoms with E-state index in [2.05, 4.69) is 38.0 Å². The summed E-state index contributed by atoms with van der Waals surface area (Å²) in [6.07, 6.45) is 3.42. The number of carbonyl (C=O) groups excluding carboxylic acids is 1. The third kappa shape index (κ3) is 6.74. The van der Waals surface area contributed by atoms with Gasteiger partial charge in [-0.15, -0.1) is 11.3 Å². The van der Waals surface area contributed by atoms with Crippen molar-refractivity contribution in [3.05, 3.63) is 52.2 Å². The molecule has 0 saturated carbocycles. The number of thiophene rings is 1. The highest BCUT2D eigenvalue weighted by Crippen LogP contribution is 2.27. The third-order valence-electron chi connectivity index (χ3n) is 5.15. The van der Waals surface area contributed by atoms with Crippen molar-refractivity contribution in [2.75, 3.05) is 39.8 Å². The second kappa shape index (κ2) is 11.6. The number of aliphatic imine (C=N–C) groups is 1. The molecule has 1 saturated heterocycles. The molecule has 30 heavy (non-hydrogen) atoms. The van der Waals surface area contributed by atoms with Gasteiger partial charge in [-0.05, 0) is 61.5 Å². The molecule has 3 rings (SSSR count). The number of nitrogens with two attached hydrogens (primary N) is 1. The minimum Gasteiger partial charge on any atom is -0.484 e. The van der Waals surface area contributed by atoms with Gasteiger partial charge in [0.15, 0.2) is 12.6 Å². The topological polar surface area (TPSA) is 92.0 Å². The lowest BCUT2D eigenvalue weighted by Gasteiger charge is -2.27. The molecule has 1 aromatic heterocycles. The van der Waals surface area contributed by atoms with Crippen molar-refractivity contribution in [2.45, 2.75) is 25.3 Å². The molecular weight excluding hydrogens is 398 g/mol. The van der Waals surface area contributed by atoms with Crippen molar-refractivity contribution in [2.24, 2.45) is 10.7 Å². The Morgan fingerprint density at radius 1 is 1.23 bits per heavy atom. The van der Waals surface area contributed by atoms with Crippen LogP contribution >= 0.6 is 11.3 Å². The number of primary amides is 1. The van der Waals surface area contributed by atoms with E-state index in [1.54, 1.807) is 7.05 Å². The molecule has 2 aromatic rings. The van der Waals surface area contributed by atoms with Crippen molar-refractivity contribution in [3.8, 4) is 5.75 Å². The highest BCUT2D eigenvalue weighted by Gasteiger charge is 2.24. The Morgan fingerprint density at radius 3 is 2.63 bits per heavy atom. The zero-order chi connectivity index (χ0) is 21.2. The summed E-state index contributed by atoms with van der Waals surface area (Å²) in [5.41, 5.74) is 6.27. The molecule has 1 amide bonds. The van der Waals surface area contributed by atoms with E-state index in [0.717, 1.165) is 38.6 Å². The molecule has 0 spiro atoms. The number of nitrogens with one attached hydrogen (secondary N) is 2. The Balaban J connectivity index is 1.44. The Morgan fingerprint density at radius 2 is 2.00 bits per heavy atom. The average Bonchev–Trinajstić information content (AvgIpc) is 3.47. The van der Waals surface area contributed by atoms with E-state index >= 15 is 0 Å². The van der Waals surface area contributed by atoms with Crippen LogP contribution in [0.4, 0.5) is 0 Å². The van der Waals surface area contributed by atoms with E-state index in [4.69, 9.17) is 10.5 Å². The van der Waals surface area contributed by atoms with E-state index in [-0.39, 0.29) is 6.61 Å². The molecule has 162 valence electrons. The predicted octanol–water partition coefficient (Wildman–Crippen LogP) is 2.16. The summed E-state index contributed by atoms with van der Waals surface area (Å²) < 4.78 is 5.29. The maximum absolute atomic E-state index is 10.8. The van der Waals surface area contributed by atoms with Crippen LogP contribution in [0.25, 0.3) is 0 Å². The summed E-state index contributed by atoms with van der Waals surface area (Å²) in [4.78, 5) is 19.1. The van der Waals surface area contributed by atoms with Gasteiger partial charge in [0.2, 0.25) is 0 Å².